The van der Waals surface area contributed by atoms with E-state index in [1.165, 1.54) is 6.07 Å². The first-order valence-electron chi connectivity index (χ1n) is 11.7. The van der Waals surface area contributed by atoms with Gasteiger partial charge in [0.05, 0.1) is 22.7 Å². The highest BCUT2D eigenvalue weighted by Crippen LogP contribution is 2.30. The lowest BCUT2D eigenvalue weighted by Crippen LogP contribution is -2.02. The molecule has 5 aromatic heterocycles. The molecule has 0 saturated carbocycles. The molecule has 9 nitrogen and oxygen atoms in total. The van der Waals surface area contributed by atoms with Gasteiger partial charge in [-0.3, -0.25) is 9.78 Å². The maximum absolute atomic E-state index is 15.1. The monoisotopic (exact) mass is 483 g/mol. The minimum atomic E-state index is -0.309. The van der Waals surface area contributed by atoms with Crippen LogP contribution in [-0.2, 0) is 13.6 Å². The minimum Gasteiger partial charge on any atom is -0.364 e. The molecule has 0 aliphatic rings. The van der Waals surface area contributed by atoms with Crippen molar-refractivity contribution < 1.29 is 4.39 Å². The van der Waals surface area contributed by atoms with Gasteiger partial charge in [0.2, 0.25) is 0 Å². The molecule has 0 aliphatic heterocycles. The van der Waals surface area contributed by atoms with Crippen molar-refractivity contribution in [3.63, 3.8) is 0 Å². The number of halogens is 1. The average molecular weight is 484 g/mol. The van der Waals surface area contributed by atoms with Crippen LogP contribution in [0.5, 0.6) is 0 Å². The highest BCUT2D eigenvalue weighted by Gasteiger charge is 2.14. The number of nitrogens with zero attached hydrogens (tertiary/aromatic N) is 6. The quantitative estimate of drug-likeness (QED) is 0.303. The summed E-state index contributed by atoms with van der Waals surface area (Å²) < 4.78 is 16.8. The molecule has 5 heterocycles. The SMILES string of the molecule is CC.Cc1cnc2[nH]nc(NCc3ccc(-c4ccnc5nc(-c6cnn(C)c6)[nH]c45)cc3F)c2c1. The van der Waals surface area contributed by atoms with E-state index in [0.29, 0.717) is 35.0 Å². The summed E-state index contributed by atoms with van der Waals surface area (Å²) in [6, 6.07) is 9.05. The smallest absolute Gasteiger partial charge is 0.178 e. The zero-order chi connectivity index (χ0) is 25.2. The first-order valence-corrected chi connectivity index (χ1v) is 11.7. The Morgan fingerprint density at radius 3 is 2.69 bits per heavy atom. The molecule has 0 radical (unpaired) electrons. The molecule has 0 fully saturated rings. The Hall–Kier alpha value is -4.60. The van der Waals surface area contributed by atoms with Crippen molar-refractivity contribution >= 4 is 28.0 Å². The van der Waals surface area contributed by atoms with Crippen LogP contribution in [0.3, 0.4) is 0 Å². The maximum Gasteiger partial charge on any atom is 0.178 e. The lowest BCUT2D eigenvalue weighted by atomic mass is 10.0. The summed E-state index contributed by atoms with van der Waals surface area (Å²) in [5.41, 5.74) is 5.99. The van der Waals surface area contributed by atoms with Gasteiger partial charge in [0.15, 0.2) is 17.1 Å². The van der Waals surface area contributed by atoms with Crippen LogP contribution in [0.15, 0.2) is 55.1 Å². The zero-order valence-corrected chi connectivity index (χ0v) is 20.5. The van der Waals surface area contributed by atoms with Gasteiger partial charge < -0.3 is 10.3 Å². The summed E-state index contributed by atoms with van der Waals surface area (Å²) in [7, 11) is 1.85. The molecule has 0 spiro atoms. The van der Waals surface area contributed by atoms with E-state index >= 15 is 4.39 Å². The molecule has 6 aromatic rings. The van der Waals surface area contributed by atoms with Crippen molar-refractivity contribution in [3.8, 4) is 22.5 Å². The van der Waals surface area contributed by atoms with Crippen LogP contribution in [0.1, 0.15) is 25.0 Å². The number of nitrogens with one attached hydrogen (secondary N) is 3. The Kier molecular flexibility index (Phi) is 6.16. The number of aryl methyl sites for hydroxylation is 2. The first-order chi connectivity index (χ1) is 17.5. The van der Waals surface area contributed by atoms with E-state index in [2.05, 4.69) is 40.5 Å². The van der Waals surface area contributed by atoms with Gasteiger partial charge >= 0.3 is 0 Å². The fraction of sp³-hybridized carbons (Fsp3) is 0.192. The molecular formula is C26H26FN9. The minimum absolute atomic E-state index is 0.293. The van der Waals surface area contributed by atoms with Crippen LogP contribution >= 0.6 is 0 Å². The molecule has 10 heteroatoms. The Balaban J connectivity index is 0.00000130. The van der Waals surface area contributed by atoms with Crippen LogP contribution in [0.25, 0.3) is 44.7 Å². The number of imidazole rings is 1. The van der Waals surface area contributed by atoms with Gasteiger partial charge in [0, 0.05) is 43.3 Å². The predicted octanol–water partition coefficient (Wildman–Crippen LogP) is 5.38. The first kappa shape index (κ1) is 23.2. The molecular weight excluding hydrogens is 457 g/mol. The Bertz CT molecular complexity index is 1660. The number of fused-ring (bicyclic) bond motifs is 2. The van der Waals surface area contributed by atoms with E-state index in [0.717, 1.165) is 33.2 Å². The number of hydrogen-bond donors (Lipinski definition) is 3. The van der Waals surface area contributed by atoms with Gasteiger partial charge in [-0.25, -0.2) is 19.3 Å². The molecule has 6 rings (SSSR count). The lowest BCUT2D eigenvalue weighted by Gasteiger charge is -2.08. The second-order valence-corrected chi connectivity index (χ2v) is 8.19. The number of aromatic nitrogens is 8. The number of rotatable bonds is 5. The average Bonchev–Trinajstić information content (AvgIpc) is 3.62. The molecule has 0 bridgehead atoms. The Morgan fingerprint density at radius 1 is 1.06 bits per heavy atom. The van der Waals surface area contributed by atoms with E-state index in [1.807, 2.05) is 52.2 Å². The van der Waals surface area contributed by atoms with E-state index in [4.69, 9.17) is 0 Å². The third kappa shape index (κ3) is 4.28. The highest BCUT2D eigenvalue weighted by molar-refractivity contribution is 5.91. The molecule has 3 N–H and O–H groups in total. The number of hydrogen-bond acceptors (Lipinski definition) is 6. The van der Waals surface area contributed by atoms with Gasteiger partial charge in [0.25, 0.3) is 0 Å². The molecule has 36 heavy (non-hydrogen) atoms. The predicted molar refractivity (Wildman–Crippen MR) is 139 cm³/mol. The van der Waals surface area contributed by atoms with Crippen LogP contribution in [0, 0.1) is 12.7 Å². The molecule has 0 atom stereocenters. The number of aromatic amines is 2. The molecule has 0 unspecified atom stereocenters. The molecule has 1 aromatic carbocycles. The summed E-state index contributed by atoms with van der Waals surface area (Å²) in [6.45, 7) is 6.26. The summed E-state index contributed by atoms with van der Waals surface area (Å²) in [5, 5.41) is 15.4. The van der Waals surface area contributed by atoms with Crippen LogP contribution < -0.4 is 5.32 Å². The van der Waals surface area contributed by atoms with Crippen molar-refractivity contribution in [2.24, 2.45) is 7.05 Å². The van der Waals surface area contributed by atoms with E-state index in [1.54, 1.807) is 29.3 Å². The topological polar surface area (TPSA) is 113 Å². The normalized spacial score (nSPS) is 11.0. The summed E-state index contributed by atoms with van der Waals surface area (Å²) in [5.74, 6) is 1.00. The van der Waals surface area contributed by atoms with E-state index in [-0.39, 0.29) is 5.82 Å². The van der Waals surface area contributed by atoms with Crippen molar-refractivity contribution in [1.82, 2.24) is 39.9 Å². The standard InChI is InChI=1S/C24H20FN9.C2H6/c1-13-7-18-22(27-9-13)32-33-23(18)28-10-15-4-3-14(8-19(15)25)17-5-6-26-24-20(17)30-21(31-24)16-11-29-34(2)12-16;1-2/h3-9,11-12H,10H2,1-2H3,(H,26,30,31)(H2,27,28,32,33);1-2H3. The fourth-order valence-electron chi connectivity index (χ4n) is 4.01. The van der Waals surface area contributed by atoms with Crippen molar-refractivity contribution in [2.75, 3.05) is 5.32 Å². The van der Waals surface area contributed by atoms with Gasteiger partial charge in [0.1, 0.15) is 11.6 Å². The summed E-state index contributed by atoms with van der Waals surface area (Å²) in [6.07, 6.45) is 7.06. The second kappa shape index (κ2) is 9.57. The molecule has 0 saturated heterocycles. The third-order valence-electron chi connectivity index (χ3n) is 5.73. The van der Waals surface area contributed by atoms with Gasteiger partial charge in [-0.05, 0) is 36.2 Å². The Morgan fingerprint density at radius 2 is 1.92 bits per heavy atom. The zero-order valence-electron chi connectivity index (χ0n) is 20.5. The lowest BCUT2D eigenvalue weighted by molar-refractivity contribution is 0.613. The van der Waals surface area contributed by atoms with E-state index < -0.39 is 0 Å². The maximum atomic E-state index is 15.1. The number of pyridine rings is 2. The summed E-state index contributed by atoms with van der Waals surface area (Å²) >= 11 is 0. The highest BCUT2D eigenvalue weighted by atomic mass is 19.1. The fourth-order valence-corrected chi connectivity index (χ4v) is 4.01. The third-order valence-corrected chi connectivity index (χ3v) is 5.73. The van der Waals surface area contributed by atoms with Crippen molar-refractivity contribution in [1.29, 1.82) is 0 Å². The van der Waals surface area contributed by atoms with Gasteiger partial charge in [-0.1, -0.05) is 26.0 Å². The number of H-pyrrole nitrogens is 2. The molecule has 182 valence electrons. The number of benzene rings is 1. The number of anilines is 1. The van der Waals surface area contributed by atoms with Crippen LogP contribution in [0.2, 0.25) is 0 Å². The Labute approximate surface area is 206 Å². The van der Waals surface area contributed by atoms with Crippen LogP contribution in [-0.4, -0.2) is 39.9 Å². The van der Waals surface area contributed by atoms with Gasteiger partial charge in [-0.2, -0.15) is 10.2 Å². The summed E-state index contributed by atoms with van der Waals surface area (Å²) in [4.78, 5) is 16.6. The van der Waals surface area contributed by atoms with Gasteiger partial charge in [-0.15, -0.1) is 0 Å². The molecule has 0 amide bonds. The van der Waals surface area contributed by atoms with Crippen LogP contribution in [0.4, 0.5) is 10.2 Å². The van der Waals surface area contributed by atoms with Crippen molar-refractivity contribution in [3.05, 3.63) is 72.1 Å². The molecule has 0 aliphatic carbocycles. The van der Waals surface area contributed by atoms with E-state index in [9.17, 15) is 0 Å². The second-order valence-electron chi connectivity index (χ2n) is 8.19. The largest absolute Gasteiger partial charge is 0.364 e. The van der Waals surface area contributed by atoms with Crippen molar-refractivity contribution in [2.45, 2.75) is 27.3 Å².